The van der Waals surface area contributed by atoms with Crippen LogP contribution in [0.15, 0.2) is 42.7 Å². The SMILES string of the molecule is CCN(C(=O)c1ccc(C#N)c(Cl)c1)c1cccnc1. The Morgan fingerprint density at radius 3 is 2.80 bits per heavy atom. The number of nitriles is 1. The van der Waals surface area contributed by atoms with Gasteiger partial charge in [0.15, 0.2) is 0 Å². The first-order valence-electron chi connectivity index (χ1n) is 6.09. The number of hydrogen-bond acceptors (Lipinski definition) is 3. The summed E-state index contributed by atoms with van der Waals surface area (Å²) in [6.45, 7) is 2.40. The molecule has 1 amide bonds. The quantitative estimate of drug-likeness (QED) is 0.869. The van der Waals surface area contributed by atoms with Gasteiger partial charge in [-0.05, 0) is 37.3 Å². The third kappa shape index (κ3) is 2.79. The summed E-state index contributed by atoms with van der Waals surface area (Å²) in [4.78, 5) is 18.1. The normalized spacial score (nSPS) is 9.85. The van der Waals surface area contributed by atoms with Gasteiger partial charge < -0.3 is 4.90 Å². The van der Waals surface area contributed by atoms with Gasteiger partial charge in [0, 0.05) is 18.3 Å². The van der Waals surface area contributed by atoms with Gasteiger partial charge in [0.1, 0.15) is 6.07 Å². The van der Waals surface area contributed by atoms with E-state index in [0.717, 1.165) is 5.69 Å². The summed E-state index contributed by atoms with van der Waals surface area (Å²) in [5.74, 6) is -0.174. The van der Waals surface area contributed by atoms with E-state index in [4.69, 9.17) is 16.9 Å². The zero-order valence-corrected chi connectivity index (χ0v) is 11.6. The number of pyridine rings is 1. The van der Waals surface area contributed by atoms with Crippen LogP contribution in [0.25, 0.3) is 0 Å². The van der Waals surface area contributed by atoms with Crippen molar-refractivity contribution in [1.82, 2.24) is 4.98 Å². The molecule has 5 heteroatoms. The average molecular weight is 286 g/mol. The summed E-state index contributed by atoms with van der Waals surface area (Å²) in [6, 6.07) is 10.2. The summed E-state index contributed by atoms with van der Waals surface area (Å²) in [5, 5.41) is 9.12. The Morgan fingerprint density at radius 2 is 2.25 bits per heavy atom. The summed E-state index contributed by atoms with van der Waals surface area (Å²) in [7, 11) is 0. The van der Waals surface area contributed by atoms with Gasteiger partial charge in [0.05, 0.1) is 22.5 Å². The van der Waals surface area contributed by atoms with Crippen LogP contribution in [-0.4, -0.2) is 17.4 Å². The Bertz CT molecular complexity index is 665. The van der Waals surface area contributed by atoms with Crippen LogP contribution in [-0.2, 0) is 0 Å². The molecule has 2 rings (SSSR count). The Kier molecular flexibility index (Phi) is 4.34. The molecule has 0 bridgehead atoms. The van der Waals surface area contributed by atoms with Crippen molar-refractivity contribution < 1.29 is 4.79 Å². The van der Waals surface area contributed by atoms with Gasteiger partial charge in [0.25, 0.3) is 5.91 Å². The van der Waals surface area contributed by atoms with Crippen molar-refractivity contribution in [3.05, 3.63) is 58.9 Å². The van der Waals surface area contributed by atoms with Gasteiger partial charge in [0.2, 0.25) is 0 Å². The van der Waals surface area contributed by atoms with Gasteiger partial charge in [-0.2, -0.15) is 5.26 Å². The molecule has 0 aliphatic rings. The minimum atomic E-state index is -0.174. The third-order valence-electron chi connectivity index (χ3n) is 2.86. The van der Waals surface area contributed by atoms with Crippen LogP contribution < -0.4 is 4.90 Å². The molecule has 1 aromatic carbocycles. The van der Waals surface area contributed by atoms with Gasteiger partial charge in [-0.3, -0.25) is 9.78 Å². The highest BCUT2D eigenvalue weighted by Crippen LogP contribution is 2.20. The van der Waals surface area contributed by atoms with Crippen LogP contribution in [0.1, 0.15) is 22.8 Å². The average Bonchev–Trinajstić information content (AvgIpc) is 2.49. The molecular weight excluding hydrogens is 274 g/mol. The summed E-state index contributed by atoms with van der Waals surface area (Å²) in [6.07, 6.45) is 3.28. The second-order valence-corrected chi connectivity index (χ2v) is 4.47. The highest BCUT2D eigenvalue weighted by molar-refractivity contribution is 6.32. The lowest BCUT2D eigenvalue weighted by atomic mass is 10.1. The van der Waals surface area contributed by atoms with E-state index < -0.39 is 0 Å². The van der Waals surface area contributed by atoms with Crippen molar-refractivity contribution in [3.63, 3.8) is 0 Å². The summed E-state index contributed by atoms with van der Waals surface area (Å²) in [5.41, 5.74) is 1.52. The molecule has 0 N–H and O–H groups in total. The van der Waals surface area contributed by atoms with Crippen molar-refractivity contribution in [2.45, 2.75) is 6.92 Å². The van der Waals surface area contributed by atoms with E-state index in [9.17, 15) is 4.79 Å². The van der Waals surface area contributed by atoms with E-state index in [-0.39, 0.29) is 10.9 Å². The van der Waals surface area contributed by atoms with E-state index in [2.05, 4.69) is 4.98 Å². The number of carbonyl (C=O) groups is 1. The molecule has 1 heterocycles. The topological polar surface area (TPSA) is 57.0 Å². The highest BCUT2D eigenvalue weighted by atomic mass is 35.5. The number of aromatic nitrogens is 1. The Hall–Kier alpha value is -2.38. The highest BCUT2D eigenvalue weighted by Gasteiger charge is 2.17. The van der Waals surface area contributed by atoms with Crippen LogP contribution >= 0.6 is 11.6 Å². The number of amides is 1. The monoisotopic (exact) mass is 285 g/mol. The van der Waals surface area contributed by atoms with E-state index in [1.807, 2.05) is 19.1 Å². The lowest BCUT2D eigenvalue weighted by Gasteiger charge is -2.20. The molecule has 20 heavy (non-hydrogen) atoms. The summed E-state index contributed by atoms with van der Waals surface area (Å²) >= 11 is 5.96. The summed E-state index contributed by atoms with van der Waals surface area (Å²) < 4.78 is 0. The first kappa shape index (κ1) is 14.0. The van der Waals surface area contributed by atoms with Crippen LogP contribution in [0.5, 0.6) is 0 Å². The minimum Gasteiger partial charge on any atom is -0.307 e. The fourth-order valence-corrected chi connectivity index (χ4v) is 2.07. The lowest BCUT2D eigenvalue weighted by molar-refractivity contribution is 0.0988. The van der Waals surface area contributed by atoms with Gasteiger partial charge >= 0.3 is 0 Å². The van der Waals surface area contributed by atoms with Crippen molar-refractivity contribution in [2.75, 3.05) is 11.4 Å². The zero-order valence-electron chi connectivity index (χ0n) is 10.9. The molecule has 0 fully saturated rings. The molecule has 0 radical (unpaired) electrons. The molecule has 0 saturated heterocycles. The molecule has 0 unspecified atom stereocenters. The van der Waals surface area contributed by atoms with Crippen LogP contribution in [0.2, 0.25) is 5.02 Å². The molecule has 1 aromatic heterocycles. The smallest absolute Gasteiger partial charge is 0.258 e. The second kappa shape index (κ2) is 6.18. The molecule has 2 aromatic rings. The number of hydrogen-bond donors (Lipinski definition) is 0. The van der Waals surface area contributed by atoms with E-state index >= 15 is 0 Å². The van der Waals surface area contributed by atoms with Gasteiger partial charge in [-0.25, -0.2) is 0 Å². The molecule has 0 aliphatic heterocycles. The number of carbonyl (C=O) groups excluding carboxylic acids is 1. The van der Waals surface area contributed by atoms with E-state index in [1.165, 1.54) is 6.07 Å². The fourth-order valence-electron chi connectivity index (χ4n) is 1.85. The molecule has 0 atom stereocenters. The third-order valence-corrected chi connectivity index (χ3v) is 3.17. The standard InChI is InChI=1S/C15H12ClN3O/c1-2-19(13-4-3-7-18-10-13)15(20)11-5-6-12(9-17)14(16)8-11/h3-8,10H,2H2,1H3. The van der Waals surface area contributed by atoms with Crippen LogP contribution in [0, 0.1) is 11.3 Å². The number of halogens is 1. The first-order valence-corrected chi connectivity index (χ1v) is 6.46. The number of nitrogens with zero attached hydrogens (tertiary/aromatic N) is 3. The first-order chi connectivity index (χ1) is 9.67. The predicted molar refractivity (Wildman–Crippen MR) is 77.8 cm³/mol. The molecule has 0 spiro atoms. The van der Waals surface area contributed by atoms with Crippen molar-refractivity contribution in [2.24, 2.45) is 0 Å². The van der Waals surface area contributed by atoms with Crippen LogP contribution in [0.3, 0.4) is 0 Å². The van der Waals surface area contributed by atoms with Gasteiger partial charge in [-0.15, -0.1) is 0 Å². The number of rotatable bonds is 3. The largest absolute Gasteiger partial charge is 0.307 e. The molecular formula is C15H12ClN3O. The molecule has 0 aliphatic carbocycles. The maximum absolute atomic E-state index is 12.5. The Labute approximate surface area is 122 Å². The molecule has 0 saturated carbocycles. The lowest BCUT2D eigenvalue weighted by Crippen LogP contribution is -2.30. The maximum atomic E-state index is 12.5. The van der Waals surface area contributed by atoms with Crippen LogP contribution in [0.4, 0.5) is 5.69 Å². The Morgan fingerprint density at radius 1 is 1.45 bits per heavy atom. The molecule has 4 nitrogen and oxygen atoms in total. The predicted octanol–water partition coefficient (Wildman–Crippen LogP) is 3.27. The maximum Gasteiger partial charge on any atom is 0.258 e. The number of benzene rings is 1. The minimum absolute atomic E-state index is 0.174. The van der Waals surface area contributed by atoms with Gasteiger partial charge in [-0.1, -0.05) is 11.6 Å². The van der Waals surface area contributed by atoms with E-state index in [0.29, 0.717) is 17.7 Å². The second-order valence-electron chi connectivity index (χ2n) is 4.07. The van der Waals surface area contributed by atoms with E-state index in [1.54, 1.807) is 35.5 Å². The Balaban J connectivity index is 2.35. The fraction of sp³-hybridized carbons (Fsp3) is 0.133. The van der Waals surface area contributed by atoms with Crippen molar-refractivity contribution in [3.8, 4) is 6.07 Å². The van der Waals surface area contributed by atoms with Crippen molar-refractivity contribution >= 4 is 23.2 Å². The zero-order chi connectivity index (χ0) is 14.5. The number of anilines is 1. The molecule has 100 valence electrons. The van der Waals surface area contributed by atoms with Crippen molar-refractivity contribution in [1.29, 1.82) is 5.26 Å².